The molecule has 0 spiro atoms. The Morgan fingerprint density at radius 2 is 0.647 bits per heavy atom. The van der Waals surface area contributed by atoms with Gasteiger partial charge in [-0.1, -0.05) is 72.8 Å². The van der Waals surface area contributed by atoms with Gasteiger partial charge in [-0.05, 0) is 47.5 Å². The van der Waals surface area contributed by atoms with Gasteiger partial charge in [0.2, 0.25) is 23.6 Å². The molecule has 34 heavy (non-hydrogen) atoms. The lowest BCUT2D eigenvalue weighted by molar-refractivity contribution is 0.583. The van der Waals surface area contributed by atoms with E-state index in [1.54, 1.807) is 0 Å². The van der Waals surface area contributed by atoms with Crippen LogP contribution in [0.2, 0.25) is 0 Å². The molecule has 0 aliphatic carbocycles. The summed E-state index contributed by atoms with van der Waals surface area (Å²) in [6.45, 7) is 0. The van der Waals surface area contributed by atoms with Crippen molar-refractivity contribution >= 4 is 0 Å². The molecular weight excluding hydrogens is 424 g/mol. The second-order valence-corrected chi connectivity index (χ2v) is 7.65. The fourth-order valence-electron chi connectivity index (χ4n) is 3.87. The Labute approximate surface area is 195 Å². The molecule has 6 heteroatoms. The van der Waals surface area contributed by atoms with Crippen molar-refractivity contribution in [3.05, 3.63) is 109 Å². The molecule has 6 aromatic rings. The van der Waals surface area contributed by atoms with Crippen LogP contribution in [0.3, 0.4) is 0 Å². The van der Waals surface area contributed by atoms with E-state index in [0.29, 0.717) is 23.6 Å². The number of hydrogen-bond acceptors (Lipinski definition) is 6. The summed E-state index contributed by atoms with van der Waals surface area (Å²) in [5, 5.41) is 17.2. The van der Waals surface area contributed by atoms with Crippen molar-refractivity contribution < 1.29 is 8.83 Å². The van der Waals surface area contributed by atoms with E-state index in [2.05, 4.69) is 20.4 Å². The van der Waals surface area contributed by atoms with Gasteiger partial charge in [0, 0.05) is 22.3 Å². The Bertz CT molecular complexity index is 1440. The smallest absolute Gasteiger partial charge is 0.248 e. The molecule has 0 fully saturated rings. The maximum absolute atomic E-state index is 6.05. The Morgan fingerprint density at radius 3 is 1.06 bits per heavy atom. The van der Waals surface area contributed by atoms with Gasteiger partial charge in [-0.3, -0.25) is 0 Å². The predicted molar refractivity (Wildman–Crippen MR) is 129 cm³/mol. The van der Waals surface area contributed by atoms with Crippen LogP contribution >= 0.6 is 0 Å². The Hall–Kier alpha value is -4.84. The Kier molecular flexibility index (Phi) is 5.01. The first-order valence-electron chi connectivity index (χ1n) is 10.8. The van der Waals surface area contributed by atoms with Crippen LogP contribution in [0.4, 0.5) is 0 Å². The van der Waals surface area contributed by atoms with Crippen molar-refractivity contribution in [3.8, 4) is 56.9 Å². The minimum atomic E-state index is 0.444. The molecule has 0 radical (unpaired) electrons. The van der Waals surface area contributed by atoms with Crippen LogP contribution in [0.15, 0.2) is 118 Å². The van der Waals surface area contributed by atoms with Crippen LogP contribution in [-0.2, 0) is 0 Å². The zero-order valence-corrected chi connectivity index (χ0v) is 18.0. The van der Waals surface area contributed by atoms with E-state index in [4.69, 9.17) is 8.83 Å². The lowest BCUT2D eigenvalue weighted by Crippen LogP contribution is -1.89. The molecule has 162 valence electrons. The van der Waals surface area contributed by atoms with Crippen LogP contribution in [0.1, 0.15) is 0 Å². The van der Waals surface area contributed by atoms with Gasteiger partial charge in [-0.2, -0.15) is 0 Å². The van der Waals surface area contributed by atoms with E-state index in [1.807, 2.05) is 109 Å². The first-order chi connectivity index (χ1) is 16.9. The standard InChI is InChI=1S/C28H18N4O2/c1-3-11-19(12-4-1)25-29-31-27(33-25)23-17-9-7-15-21(23)22-16-8-10-18-24(22)28-32-30-26(34-28)20-13-5-2-6-14-20/h1-18H. The molecule has 0 saturated heterocycles. The molecule has 0 bridgehead atoms. The summed E-state index contributed by atoms with van der Waals surface area (Å²) in [5.41, 5.74) is 5.26. The van der Waals surface area contributed by atoms with Gasteiger partial charge >= 0.3 is 0 Å². The summed E-state index contributed by atoms with van der Waals surface area (Å²) < 4.78 is 12.1. The lowest BCUT2D eigenvalue weighted by Gasteiger charge is -2.10. The molecule has 0 unspecified atom stereocenters. The summed E-state index contributed by atoms with van der Waals surface area (Å²) in [6.07, 6.45) is 0. The van der Waals surface area contributed by atoms with Gasteiger partial charge in [0.05, 0.1) is 0 Å². The topological polar surface area (TPSA) is 77.8 Å². The van der Waals surface area contributed by atoms with E-state index in [-0.39, 0.29) is 0 Å². The third kappa shape index (κ3) is 3.67. The number of hydrogen-bond donors (Lipinski definition) is 0. The average molecular weight is 442 g/mol. The fourth-order valence-corrected chi connectivity index (χ4v) is 3.87. The van der Waals surface area contributed by atoms with Crippen molar-refractivity contribution in [2.45, 2.75) is 0 Å². The molecular formula is C28H18N4O2. The molecule has 0 amide bonds. The van der Waals surface area contributed by atoms with Gasteiger partial charge in [-0.15, -0.1) is 20.4 Å². The largest absolute Gasteiger partial charge is 0.416 e. The summed E-state index contributed by atoms with van der Waals surface area (Å²) in [7, 11) is 0. The molecule has 0 atom stereocenters. The van der Waals surface area contributed by atoms with Gasteiger partial charge in [0.25, 0.3) is 0 Å². The van der Waals surface area contributed by atoms with Crippen LogP contribution in [-0.4, -0.2) is 20.4 Å². The van der Waals surface area contributed by atoms with Crippen molar-refractivity contribution in [2.24, 2.45) is 0 Å². The quantitative estimate of drug-likeness (QED) is 0.293. The van der Waals surface area contributed by atoms with Crippen LogP contribution < -0.4 is 0 Å². The minimum Gasteiger partial charge on any atom is -0.416 e. The highest BCUT2D eigenvalue weighted by Crippen LogP contribution is 2.38. The molecule has 4 aromatic carbocycles. The Balaban J connectivity index is 1.43. The van der Waals surface area contributed by atoms with E-state index < -0.39 is 0 Å². The van der Waals surface area contributed by atoms with Crippen LogP contribution in [0, 0.1) is 0 Å². The fraction of sp³-hybridized carbons (Fsp3) is 0. The molecule has 0 N–H and O–H groups in total. The zero-order valence-electron chi connectivity index (χ0n) is 18.0. The highest BCUT2D eigenvalue weighted by atomic mass is 16.4. The van der Waals surface area contributed by atoms with Gasteiger partial charge in [0.1, 0.15) is 0 Å². The molecule has 0 saturated carbocycles. The molecule has 6 rings (SSSR count). The first-order valence-corrected chi connectivity index (χ1v) is 10.8. The van der Waals surface area contributed by atoms with E-state index in [0.717, 1.165) is 33.4 Å². The molecule has 0 aliphatic heterocycles. The number of nitrogens with zero attached hydrogens (tertiary/aromatic N) is 4. The number of aromatic nitrogens is 4. The van der Waals surface area contributed by atoms with Crippen molar-refractivity contribution in [1.82, 2.24) is 20.4 Å². The molecule has 2 aromatic heterocycles. The molecule has 0 aliphatic rings. The predicted octanol–water partition coefficient (Wildman–Crippen LogP) is 6.79. The second-order valence-electron chi connectivity index (χ2n) is 7.65. The highest BCUT2D eigenvalue weighted by molar-refractivity contribution is 5.88. The number of benzene rings is 4. The molecule has 6 nitrogen and oxygen atoms in total. The number of rotatable bonds is 5. The second kappa shape index (κ2) is 8.60. The maximum atomic E-state index is 6.05. The normalized spacial score (nSPS) is 10.9. The molecule has 2 heterocycles. The summed E-state index contributed by atoms with van der Waals surface area (Å²) in [4.78, 5) is 0. The van der Waals surface area contributed by atoms with Crippen molar-refractivity contribution in [3.63, 3.8) is 0 Å². The summed E-state index contributed by atoms with van der Waals surface area (Å²) in [6, 6.07) is 35.3. The third-order valence-corrected chi connectivity index (χ3v) is 5.50. The maximum Gasteiger partial charge on any atom is 0.248 e. The van der Waals surface area contributed by atoms with Crippen LogP contribution in [0.25, 0.3) is 56.9 Å². The van der Waals surface area contributed by atoms with E-state index >= 15 is 0 Å². The summed E-state index contributed by atoms with van der Waals surface area (Å²) in [5.74, 6) is 1.84. The SMILES string of the molecule is c1ccc(-c2nnc(-c3ccccc3-c3ccccc3-c3nnc(-c4ccccc4)o3)o2)cc1. The van der Waals surface area contributed by atoms with E-state index in [9.17, 15) is 0 Å². The van der Waals surface area contributed by atoms with Crippen molar-refractivity contribution in [2.75, 3.05) is 0 Å². The summed E-state index contributed by atoms with van der Waals surface area (Å²) >= 11 is 0. The lowest BCUT2D eigenvalue weighted by atomic mass is 9.95. The van der Waals surface area contributed by atoms with Gasteiger partial charge < -0.3 is 8.83 Å². The highest BCUT2D eigenvalue weighted by Gasteiger charge is 2.19. The Morgan fingerprint density at radius 1 is 0.324 bits per heavy atom. The minimum absolute atomic E-state index is 0.444. The average Bonchev–Trinajstić information content (AvgIpc) is 3.61. The van der Waals surface area contributed by atoms with E-state index in [1.165, 1.54) is 0 Å². The van der Waals surface area contributed by atoms with Crippen LogP contribution in [0.5, 0.6) is 0 Å². The zero-order chi connectivity index (χ0) is 22.7. The third-order valence-electron chi connectivity index (χ3n) is 5.50. The first kappa shape index (κ1) is 19.8. The monoisotopic (exact) mass is 442 g/mol. The van der Waals surface area contributed by atoms with Gasteiger partial charge in [-0.25, -0.2) is 0 Å². The van der Waals surface area contributed by atoms with Crippen molar-refractivity contribution in [1.29, 1.82) is 0 Å². The van der Waals surface area contributed by atoms with Gasteiger partial charge in [0.15, 0.2) is 0 Å².